The van der Waals surface area contributed by atoms with Gasteiger partial charge in [0.2, 0.25) is 0 Å². The van der Waals surface area contributed by atoms with Crippen LogP contribution in [0.25, 0.3) is 0 Å². The molecule has 0 aromatic carbocycles. The number of carbonyl (C=O) groups excluding carboxylic acids is 1. The first-order valence-electron chi connectivity index (χ1n) is 1.85. The first kappa shape index (κ1) is 7.03. The number of Topliss-reactive ketones (excluding diaryl/α,β-unsaturated/α-hetero) is 1. The first-order valence-corrected chi connectivity index (χ1v) is 1.85. The SMILES string of the molecule is CC(=O)C(O)ON=O. The highest BCUT2D eigenvalue weighted by molar-refractivity contribution is 5.78. The highest BCUT2D eigenvalue weighted by Crippen LogP contribution is 1.86. The molecule has 5 heteroatoms. The Morgan fingerprint density at radius 2 is 2.38 bits per heavy atom. The van der Waals surface area contributed by atoms with Gasteiger partial charge in [-0.2, -0.15) is 0 Å². The molecule has 1 unspecified atom stereocenters. The van der Waals surface area contributed by atoms with Crippen molar-refractivity contribution < 1.29 is 14.7 Å². The Morgan fingerprint density at radius 1 is 1.88 bits per heavy atom. The zero-order valence-electron chi connectivity index (χ0n) is 4.20. The van der Waals surface area contributed by atoms with Gasteiger partial charge in [0.15, 0.2) is 11.1 Å². The van der Waals surface area contributed by atoms with Gasteiger partial charge in [0.1, 0.15) is 0 Å². The Balaban J connectivity index is 3.46. The average molecular weight is 119 g/mol. The fraction of sp³-hybridized carbons (Fsp3) is 0.667. The zero-order chi connectivity index (χ0) is 6.57. The third-order valence-electron chi connectivity index (χ3n) is 0.491. The summed E-state index contributed by atoms with van der Waals surface area (Å²) in [4.78, 5) is 22.7. The molecule has 0 spiro atoms. The van der Waals surface area contributed by atoms with Gasteiger partial charge in [-0.1, -0.05) is 0 Å². The number of hydrogen-bond donors (Lipinski definition) is 1. The minimum Gasteiger partial charge on any atom is -0.351 e. The lowest BCUT2D eigenvalue weighted by atomic mass is 10.4. The van der Waals surface area contributed by atoms with Crippen molar-refractivity contribution >= 4 is 5.78 Å². The molecule has 0 amide bonds. The topological polar surface area (TPSA) is 76.0 Å². The molecular weight excluding hydrogens is 114 g/mol. The summed E-state index contributed by atoms with van der Waals surface area (Å²) >= 11 is 0. The predicted molar refractivity (Wildman–Crippen MR) is 23.6 cm³/mol. The van der Waals surface area contributed by atoms with Crippen molar-refractivity contribution in [2.45, 2.75) is 13.2 Å². The van der Waals surface area contributed by atoms with Gasteiger partial charge >= 0.3 is 0 Å². The van der Waals surface area contributed by atoms with E-state index in [-0.39, 0.29) is 0 Å². The van der Waals surface area contributed by atoms with E-state index in [2.05, 4.69) is 4.84 Å². The summed E-state index contributed by atoms with van der Waals surface area (Å²) in [5.74, 6) is -0.649. The molecule has 0 radical (unpaired) electrons. The summed E-state index contributed by atoms with van der Waals surface area (Å²) in [7, 11) is 0. The third-order valence-corrected chi connectivity index (χ3v) is 0.491. The standard InChI is InChI=1S/C3H5NO4/c1-2(5)3(6)8-4-7/h3,6H,1H3. The van der Waals surface area contributed by atoms with Gasteiger partial charge in [0, 0.05) is 6.92 Å². The van der Waals surface area contributed by atoms with E-state index in [9.17, 15) is 4.79 Å². The molecule has 8 heavy (non-hydrogen) atoms. The molecule has 0 aromatic heterocycles. The van der Waals surface area contributed by atoms with E-state index in [1.165, 1.54) is 0 Å². The summed E-state index contributed by atoms with van der Waals surface area (Å²) in [6.45, 7) is 1.08. The number of rotatable bonds is 3. The van der Waals surface area contributed by atoms with Crippen LogP contribution in [0.3, 0.4) is 0 Å². The fourth-order valence-corrected chi connectivity index (χ4v) is 0.115. The molecule has 0 bridgehead atoms. The minimum absolute atomic E-state index is 0.649. The number of carbonyl (C=O) groups is 1. The normalized spacial score (nSPS) is 12.2. The Kier molecular flexibility index (Phi) is 2.71. The van der Waals surface area contributed by atoms with Crippen LogP contribution < -0.4 is 0 Å². The van der Waals surface area contributed by atoms with Crippen LogP contribution in [0.2, 0.25) is 0 Å². The van der Waals surface area contributed by atoms with Gasteiger partial charge in [-0.3, -0.25) is 4.79 Å². The van der Waals surface area contributed by atoms with Crippen LogP contribution in [0.4, 0.5) is 0 Å². The molecule has 0 saturated heterocycles. The fourth-order valence-electron chi connectivity index (χ4n) is 0.115. The molecule has 1 N–H and O–H groups in total. The maximum Gasteiger partial charge on any atom is 0.286 e. The van der Waals surface area contributed by atoms with Gasteiger partial charge in [0.05, 0.1) is 0 Å². The van der Waals surface area contributed by atoms with E-state index < -0.39 is 12.1 Å². The summed E-state index contributed by atoms with van der Waals surface area (Å²) in [6, 6.07) is 0. The van der Waals surface area contributed by atoms with Gasteiger partial charge in [-0.05, 0) is 0 Å². The number of aliphatic hydroxyl groups is 1. The highest BCUT2D eigenvalue weighted by Gasteiger charge is 2.09. The molecule has 0 aromatic rings. The van der Waals surface area contributed by atoms with Crippen molar-refractivity contribution in [2.75, 3.05) is 0 Å². The van der Waals surface area contributed by atoms with Crippen molar-refractivity contribution in [3.63, 3.8) is 0 Å². The Labute approximate surface area is 45.2 Å². The molecule has 0 saturated carbocycles. The zero-order valence-corrected chi connectivity index (χ0v) is 4.20. The van der Waals surface area contributed by atoms with Crippen molar-refractivity contribution in [1.29, 1.82) is 0 Å². The summed E-state index contributed by atoms with van der Waals surface area (Å²) < 4.78 is 0. The number of nitrogens with zero attached hydrogens (tertiary/aromatic N) is 1. The van der Waals surface area contributed by atoms with E-state index >= 15 is 0 Å². The molecule has 1 atom stereocenters. The van der Waals surface area contributed by atoms with Crippen LogP contribution in [-0.4, -0.2) is 17.2 Å². The summed E-state index contributed by atoms with van der Waals surface area (Å²) in [6.07, 6.45) is -1.70. The second kappa shape index (κ2) is 3.09. The molecule has 0 heterocycles. The molecule has 5 nitrogen and oxygen atoms in total. The Bertz CT molecular complexity index is 101. The van der Waals surface area contributed by atoms with Gasteiger partial charge in [-0.15, -0.1) is 4.91 Å². The molecule has 46 valence electrons. The highest BCUT2D eigenvalue weighted by atomic mass is 16.8. The number of ketones is 1. The number of aliphatic hydroxyl groups excluding tert-OH is 1. The van der Waals surface area contributed by atoms with Crippen LogP contribution in [-0.2, 0) is 9.63 Å². The third kappa shape index (κ3) is 2.25. The van der Waals surface area contributed by atoms with E-state index in [1.54, 1.807) is 0 Å². The maximum absolute atomic E-state index is 9.96. The van der Waals surface area contributed by atoms with Crippen LogP contribution in [0.15, 0.2) is 5.34 Å². The van der Waals surface area contributed by atoms with E-state index in [0.717, 1.165) is 6.92 Å². The van der Waals surface area contributed by atoms with E-state index in [0.29, 0.717) is 0 Å². The first-order chi connectivity index (χ1) is 3.68. The van der Waals surface area contributed by atoms with Crippen LogP contribution in [0.5, 0.6) is 0 Å². The van der Waals surface area contributed by atoms with Crippen LogP contribution >= 0.6 is 0 Å². The molecule has 0 aliphatic heterocycles. The quantitative estimate of drug-likeness (QED) is 0.311. The molecule has 0 rings (SSSR count). The van der Waals surface area contributed by atoms with Crippen LogP contribution in [0, 0.1) is 4.91 Å². The van der Waals surface area contributed by atoms with Crippen molar-refractivity contribution in [3.8, 4) is 0 Å². The van der Waals surface area contributed by atoms with Crippen molar-refractivity contribution in [3.05, 3.63) is 4.91 Å². The van der Waals surface area contributed by atoms with Crippen molar-refractivity contribution in [2.24, 2.45) is 5.34 Å². The molecular formula is C3H5NO4. The maximum atomic E-state index is 9.96. The largest absolute Gasteiger partial charge is 0.351 e. The minimum atomic E-state index is -1.70. The van der Waals surface area contributed by atoms with Crippen molar-refractivity contribution in [1.82, 2.24) is 0 Å². The second-order valence-electron chi connectivity index (χ2n) is 1.14. The molecule has 0 aliphatic rings. The van der Waals surface area contributed by atoms with Gasteiger partial charge < -0.3 is 9.94 Å². The predicted octanol–water partition coefficient (Wildman–Crippen LogP) is -0.408. The molecule has 0 fully saturated rings. The van der Waals surface area contributed by atoms with Gasteiger partial charge in [0.25, 0.3) is 6.29 Å². The monoisotopic (exact) mass is 119 g/mol. The lowest BCUT2D eigenvalue weighted by Crippen LogP contribution is -2.17. The second-order valence-corrected chi connectivity index (χ2v) is 1.14. The Morgan fingerprint density at radius 3 is 2.50 bits per heavy atom. The Hall–Kier alpha value is -0.970. The van der Waals surface area contributed by atoms with E-state index in [1.807, 2.05) is 5.34 Å². The lowest BCUT2D eigenvalue weighted by Gasteiger charge is -1.97. The average Bonchev–Trinajstić information content (AvgIpc) is 1.67. The molecule has 0 aliphatic carbocycles. The summed E-state index contributed by atoms with van der Waals surface area (Å²) in [5, 5.41) is 10.1. The number of hydrogen-bond acceptors (Lipinski definition) is 5. The van der Waals surface area contributed by atoms with Crippen LogP contribution in [0.1, 0.15) is 6.92 Å². The van der Waals surface area contributed by atoms with Gasteiger partial charge in [-0.25, -0.2) is 0 Å². The summed E-state index contributed by atoms with van der Waals surface area (Å²) in [5.41, 5.74) is 0. The van der Waals surface area contributed by atoms with E-state index in [4.69, 9.17) is 10.0 Å². The lowest BCUT2D eigenvalue weighted by molar-refractivity contribution is -0.153. The smallest absolute Gasteiger partial charge is 0.286 e.